The van der Waals surface area contributed by atoms with Gasteiger partial charge in [0.2, 0.25) is 5.91 Å². The molecular weight excluding hydrogens is 320 g/mol. The maximum atomic E-state index is 12.7. The quantitative estimate of drug-likeness (QED) is 0.807. The second-order valence-corrected chi connectivity index (χ2v) is 5.83. The summed E-state index contributed by atoms with van der Waals surface area (Å²) < 4.78 is 0. The van der Waals surface area contributed by atoms with Crippen molar-refractivity contribution in [1.29, 1.82) is 0 Å². The predicted octanol–water partition coefficient (Wildman–Crippen LogP) is -0.0896. The molecule has 1 fully saturated rings. The highest BCUT2D eigenvalue weighted by atomic mass is 16.2. The number of aryl methyl sites for hydroxylation is 1. The number of hydrogen-bond donors (Lipinski definition) is 2. The second-order valence-electron chi connectivity index (χ2n) is 5.83. The van der Waals surface area contributed by atoms with Crippen LogP contribution in [0.25, 0.3) is 0 Å². The molecule has 2 aromatic rings. The van der Waals surface area contributed by atoms with Gasteiger partial charge in [-0.2, -0.15) is 0 Å². The summed E-state index contributed by atoms with van der Waals surface area (Å²) in [7, 11) is 0. The van der Waals surface area contributed by atoms with Crippen molar-refractivity contribution in [2.75, 3.05) is 19.6 Å². The first-order valence-corrected chi connectivity index (χ1v) is 8.12. The summed E-state index contributed by atoms with van der Waals surface area (Å²) in [5.74, 6) is -0.476. The Hall–Kier alpha value is -2.87. The van der Waals surface area contributed by atoms with Crippen LogP contribution in [0.1, 0.15) is 21.7 Å². The van der Waals surface area contributed by atoms with E-state index < -0.39 is 6.04 Å². The maximum absolute atomic E-state index is 12.7. The summed E-state index contributed by atoms with van der Waals surface area (Å²) in [4.78, 5) is 39.0. The lowest BCUT2D eigenvalue weighted by Crippen LogP contribution is -2.59. The molecule has 0 saturated carbocycles. The number of nitrogens with one attached hydrogen (secondary N) is 2. The van der Waals surface area contributed by atoms with E-state index in [9.17, 15) is 9.59 Å². The van der Waals surface area contributed by atoms with E-state index >= 15 is 0 Å². The molecule has 0 aromatic carbocycles. The smallest absolute Gasteiger partial charge is 0.274 e. The first-order chi connectivity index (χ1) is 12.1. The maximum Gasteiger partial charge on any atom is 0.274 e. The van der Waals surface area contributed by atoms with Crippen LogP contribution in [0.15, 0.2) is 36.9 Å². The van der Waals surface area contributed by atoms with Crippen molar-refractivity contribution in [3.63, 3.8) is 0 Å². The summed E-state index contributed by atoms with van der Waals surface area (Å²) in [5, 5.41) is 6.04. The normalized spacial score (nSPS) is 17.2. The molecule has 3 heterocycles. The van der Waals surface area contributed by atoms with Crippen molar-refractivity contribution in [2.24, 2.45) is 0 Å². The number of hydrogen-bond acceptors (Lipinski definition) is 6. The fourth-order valence-corrected chi connectivity index (χ4v) is 2.64. The van der Waals surface area contributed by atoms with Crippen molar-refractivity contribution in [2.45, 2.75) is 19.5 Å². The zero-order valence-electron chi connectivity index (χ0n) is 14.0. The van der Waals surface area contributed by atoms with E-state index in [1.54, 1.807) is 30.4 Å². The Morgan fingerprint density at radius 3 is 2.80 bits per heavy atom. The van der Waals surface area contributed by atoms with Crippen molar-refractivity contribution in [3.8, 4) is 0 Å². The summed E-state index contributed by atoms with van der Waals surface area (Å²) in [6.07, 6.45) is 6.35. The van der Waals surface area contributed by atoms with Gasteiger partial charge in [-0.3, -0.25) is 19.6 Å². The third-order valence-corrected chi connectivity index (χ3v) is 4.02. The number of amides is 2. The summed E-state index contributed by atoms with van der Waals surface area (Å²) in [6.45, 7) is 3.69. The van der Waals surface area contributed by atoms with Crippen LogP contribution < -0.4 is 10.6 Å². The zero-order valence-corrected chi connectivity index (χ0v) is 14.0. The average Bonchev–Trinajstić information content (AvgIpc) is 2.67. The van der Waals surface area contributed by atoms with Crippen molar-refractivity contribution in [1.82, 2.24) is 30.5 Å². The Kier molecular flexibility index (Phi) is 5.30. The van der Waals surface area contributed by atoms with E-state index in [4.69, 9.17) is 0 Å². The monoisotopic (exact) mass is 340 g/mol. The minimum absolute atomic E-state index is 0.197. The van der Waals surface area contributed by atoms with Gasteiger partial charge in [0.15, 0.2) is 0 Å². The Labute approximate surface area is 145 Å². The highest BCUT2D eigenvalue weighted by Crippen LogP contribution is 2.09. The molecule has 2 amide bonds. The van der Waals surface area contributed by atoms with E-state index in [2.05, 4.69) is 25.6 Å². The predicted molar refractivity (Wildman–Crippen MR) is 90.5 cm³/mol. The molecule has 0 aliphatic carbocycles. The number of pyridine rings is 1. The zero-order chi connectivity index (χ0) is 17.6. The minimum atomic E-state index is -0.578. The van der Waals surface area contributed by atoms with Gasteiger partial charge in [0.25, 0.3) is 5.91 Å². The van der Waals surface area contributed by atoms with Gasteiger partial charge in [0.05, 0.1) is 11.9 Å². The van der Waals surface area contributed by atoms with E-state index in [0.29, 0.717) is 26.2 Å². The number of aromatic nitrogens is 3. The molecule has 1 aliphatic rings. The summed E-state index contributed by atoms with van der Waals surface area (Å²) in [5.41, 5.74) is 1.94. The Bertz CT molecular complexity index is 735. The largest absolute Gasteiger partial charge is 0.350 e. The Morgan fingerprint density at radius 1 is 1.28 bits per heavy atom. The van der Waals surface area contributed by atoms with E-state index in [1.807, 2.05) is 12.1 Å². The Balaban J connectivity index is 1.68. The average molecular weight is 340 g/mol. The standard InChI is InChI=1S/C17H20N6O2/c1-12-8-21-14(10-20-12)17(25)23-7-6-19-11-15(23)16(24)22-9-13-2-4-18-5-3-13/h2-5,8,10,15,19H,6-7,9,11H2,1H3,(H,22,24)/t15-/m0/s1. The fraction of sp³-hybridized carbons (Fsp3) is 0.353. The third kappa shape index (κ3) is 4.16. The van der Waals surface area contributed by atoms with Crippen LogP contribution in [-0.2, 0) is 11.3 Å². The van der Waals surface area contributed by atoms with Gasteiger partial charge in [0.1, 0.15) is 11.7 Å². The molecule has 0 radical (unpaired) electrons. The van der Waals surface area contributed by atoms with Gasteiger partial charge in [-0.25, -0.2) is 4.98 Å². The fourth-order valence-electron chi connectivity index (χ4n) is 2.64. The Morgan fingerprint density at radius 2 is 2.08 bits per heavy atom. The van der Waals surface area contributed by atoms with E-state index in [-0.39, 0.29) is 17.5 Å². The lowest BCUT2D eigenvalue weighted by molar-refractivity contribution is -0.126. The molecule has 0 spiro atoms. The lowest BCUT2D eigenvalue weighted by Gasteiger charge is -2.34. The van der Waals surface area contributed by atoms with Gasteiger partial charge in [0, 0.05) is 44.8 Å². The van der Waals surface area contributed by atoms with Gasteiger partial charge in [-0.15, -0.1) is 0 Å². The highest BCUT2D eigenvalue weighted by Gasteiger charge is 2.33. The number of carbonyl (C=O) groups excluding carboxylic acids is 2. The summed E-state index contributed by atoms with van der Waals surface area (Å²) >= 11 is 0. The molecule has 25 heavy (non-hydrogen) atoms. The first kappa shape index (κ1) is 17.0. The third-order valence-electron chi connectivity index (χ3n) is 4.02. The van der Waals surface area contributed by atoms with Crippen LogP contribution in [0.4, 0.5) is 0 Å². The molecule has 2 N–H and O–H groups in total. The van der Waals surface area contributed by atoms with Gasteiger partial charge >= 0.3 is 0 Å². The molecule has 1 saturated heterocycles. The van der Waals surface area contributed by atoms with Crippen LogP contribution in [0.3, 0.4) is 0 Å². The molecule has 2 aromatic heterocycles. The molecule has 8 heteroatoms. The molecule has 8 nitrogen and oxygen atoms in total. The van der Waals surface area contributed by atoms with Gasteiger partial charge in [-0.05, 0) is 24.6 Å². The van der Waals surface area contributed by atoms with Crippen LogP contribution in [0.2, 0.25) is 0 Å². The minimum Gasteiger partial charge on any atom is -0.350 e. The lowest BCUT2D eigenvalue weighted by atomic mass is 10.1. The van der Waals surface area contributed by atoms with Crippen LogP contribution in [-0.4, -0.2) is 57.3 Å². The van der Waals surface area contributed by atoms with Crippen LogP contribution in [0, 0.1) is 6.92 Å². The van der Waals surface area contributed by atoms with Gasteiger partial charge in [-0.1, -0.05) is 0 Å². The van der Waals surface area contributed by atoms with Crippen LogP contribution >= 0.6 is 0 Å². The molecule has 1 atom stereocenters. The topological polar surface area (TPSA) is 100 Å². The summed E-state index contributed by atoms with van der Waals surface area (Å²) in [6, 6.07) is 3.10. The molecule has 0 unspecified atom stereocenters. The molecule has 130 valence electrons. The van der Waals surface area contributed by atoms with Crippen molar-refractivity contribution >= 4 is 11.8 Å². The molecule has 1 aliphatic heterocycles. The number of piperazine rings is 1. The second kappa shape index (κ2) is 7.80. The van der Waals surface area contributed by atoms with Crippen molar-refractivity contribution < 1.29 is 9.59 Å². The number of carbonyl (C=O) groups is 2. The van der Waals surface area contributed by atoms with Crippen molar-refractivity contribution in [3.05, 3.63) is 53.9 Å². The first-order valence-electron chi connectivity index (χ1n) is 8.12. The SMILES string of the molecule is Cc1cnc(C(=O)N2CCNC[C@H]2C(=O)NCc2ccncc2)cn1. The highest BCUT2D eigenvalue weighted by molar-refractivity contribution is 5.96. The number of nitrogens with zero attached hydrogens (tertiary/aromatic N) is 4. The van der Waals surface area contributed by atoms with Gasteiger partial charge < -0.3 is 15.5 Å². The molecule has 3 rings (SSSR count). The number of rotatable bonds is 4. The van der Waals surface area contributed by atoms with E-state index in [0.717, 1.165) is 11.3 Å². The van der Waals surface area contributed by atoms with E-state index in [1.165, 1.54) is 6.20 Å². The molecule has 0 bridgehead atoms. The molecular formula is C17H20N6O2. The van der Waals surface area contributed by atoms with Crippen LogP contribution in [0.5, 0.6) is 0 Å².